The highest BCUT2D eigenvalue weighted by atomic mass is 35.5. The summed E-state index contributed by atoms with van der Waals surface area (Å²) < 4.78 is 0. The Morgan fingerprint density at radius 1 is 0.950 bits per heavy atom. The van der Waals surface area contributed by atoms with Crippen LogP contribution in [0.25, 0.3) is 0 Å². The van der Waals surface area contributed by atoms with Gasteiger partial charge in [0, 0.05) is 15.6 Å². The van der Waals surface area contributed by atoms with Gasteiger partial charge in [-0.1, -0.05) is 34.8 Å². The van der Waals surface area contributed by atoms with Crippen molar-refractivity contribution in [3.63, 3.8) is 0 Å². The summed E-state index contributed by atoms with van der Waals surface area (Å²) in [6.07, 6.45) is 0. The van der Waals surface area contributed by atoms with Gasteiger partial charge in [0.05, 0.1) is 16.4 Å². The van der Waals surface area contributed by atoms with Gasteiger partial charge in [-0.25, -0.2) is 4.99 Å². The Morgan fingerprint density at radius 2 is 1.65 bits per heavy atom. The number of fused-ring (bicyclic) bond motifs is 1. The zero-order chi connectivity index (χ0) is 14.3. The maximum atomic E-state index is 12.0. The summed E-state index contributed by atoms with van der Waals surface area (Å²) >= 11 is 17.9. The summed E-state index contributed by atoms with van der Waals surface area (Å²) in [6, 6.07) is 10.0. The maximum Gasteiger partial charge on any atom is 0.275 e. The molecule has 100 valence electrons. The van der Waals surface area contributed by atoms with Gasteiger partial charge < -0.3 is 5.32 Å². The maximum absolute atomic E-state index is 12.0. The lowest BCUT2D eigenvalue weighted by Gasteiger charge is -2.01. The molecule has 0 saturated heterocycles. The molecule has 1 amide bonds. The van der Waals surface area contributed by atoms with Crippen LogP contribution >= 0.6 is 34.8 Å². The summed E-state index contributed by atoms with van der Waals surface area (Å²) in [6.45, 7) is 0. The van der Waals surface area contributed by atoms with Crippen LogP contribution in [0.5, 0.6) is 0 Å². The molecule has 2 aromatic rings. The number of rotatable bonds is 1. The van der Waals surface area contributed by atoms with Crippen molar-refractivity contribution >= 4 is 57.8 Å². The average Bonchev–Trinajstić information content (AvgIpc) is 2.70. The van der Waals surface area contributed by atoms with Gasteiger partial charge in [0.25, 0.3) is 5.91 Å². The van der Waals surface area contributed by atoms with Crippen LogP contribution in [0.1, 0.15) is 5.56 Å². The number of carbonyl (C=O) groups is 1. The third kappa shape index (κ3) is 2.40. The van der Waals surface area contributed by atoms with E-state index in [-0.39, 0.29) is 11.6 Å². The first-order valence-electron chi connectivity index (χ1n) is 5.69. The highest BCUT2D eigenvalue weighted by Gasteiger charge is 2.26. The Bertz CT molecular complexity index is 756. The van der Waals surface area contributed by atoms with Crippen LogP contribution in [0.3, 0.4) is 0 Å². The molecule has 3 nitrogen and oxygen atoms in total. The highest BCUT2D eigenvalue weighted by Crippen LogP contribution is 2.32. The highest BCUT2D eigenvalue weighted by molar-refractivity contribution is 6.54. The fraction of sp³-hybridized carbons (Fsp3) is 0. The topological polar surface area (TPSA) is 41.5 Å². The predicted molar refractivity (Wildman–Crippen MR) is 82.7 cm³/mol. The second-order valence-corrected chi connectivity index (χ2v) is 5.48. The van der Waals surface area contributed by atoms with E-state index in [1.165, 1.54) is 0 Å². The molecule has 1 N–H and O–H groups in total. The zero-order valence-electron chi connectivity index (χ0n) is 9.95. The van der Waals surface area contributed by atoms with E-state index < -0.39 is 0 Å². The van der Waals surface area contributed by atoms with Crippen molar-refractivity contribution in [2.45, 2.75) is 0 Å². The van der Waals surface area contributed by atoms with Crippen LogP contribution in [0, 0.1) is 0 Å². The van der Waals surface area contributed by atoms with Crippen molar-refractivity contribution in [3.8, 4) is 0 Å². The van der Waals surface area contributed by atoms with Crippen molar-refractivity contribution in [3.05, 3.63) is 57.0 Å². The first kappa shape index (κ1) is 13.4. The number of hydrogen-bond acceptors (Lipinski definition) is 2. The van der Waals surface area contributed by atoms with Crippen LogP contribution in [0.2, 0.25) is 15.1 Å². The minimum atomic E-state index is -0.293. The van der Waals surface area contributed by atoms with E-state index in [0.29, 0.717) is 32.0 Å². The van der Waals surface area contributed by atoms with E-state index in [2.05, 4.69) is 10.3 Å². The molecule has 3 rings (SSSR count). The number of halogens is 3. The number of nitrogens with zero attached hydrogens (tertiary/aromatic N) is 1. The second kappa shape index (κ2) is 5.09. The molecular weight excluding hydrogens is 319 g/mol. The molecule has 0 aliphatic carbocycles. The van der Waals surface area contributed by atoms with Gasteiger partial charge in [-0.2, -0.15) is 0 Å². The lowest BCUT2D eigenvalue weighted by atomic mass is 10.1. The Hall–Kier alpha value is -1.55. The smallest absolute Gasteiger partial charge is 0.275 e. The molecule has 0 spiro atoms. The summed E-state index contributed by atoms with van der Waals surface area (Å²) in [5, 5.41) is 4.18. The molecule has 0 aromatic heterocycles. The van der Waals surface area contributed by atoms with Crippen molar-refractivity contribution in [2.75, 3.05) is 5.32 Å². The first-order valence-corrected chi connectivity index (χ1v) is 6.83. The lowest BCUT2D eigenvalue weighted by Crippen LogP contribution is -2.13. The molecular formula is C14H7Cl3N2O. The number of amides is 1. The molecule has 0 unspecified atom stereocenters. The third-order valence-electron chi connectivity index (χ3n) is 2.84. The largest absolute Gasteiger partial charge is 0.320 e. The molecule has 1 aliphatic heterocycles. The van der Waals surface area contributed by atoms with E-state index in [1.807, 2.05) is 0 Å². The third-order valence-corrected chi connectivity index (χ3v) is 3.63. The van der Waals surface area contributed by atoms with Crippen LogP contribution in [0.15, 0.2) is 41.4 Å². The molecule has 2 aromatic carbocycles. The Balaban J connectivity index is 2.15. The Labute approximate surface area is 130 Å². The van der Waals surface area contributed by atoms with Gasteiger partial charge >= 0.3 is 0 Å². The summed E-state index contributed by atoms with van der Waals surface area (Å²) in [5.41, 5.74) is 2.04. The second-order valence-electron chi connectivity index (χ2n) is 4.20. The number of nitrogens with one attached hydrogen (secondary N) is 1. The van der Waals surface area contributed by atoms with Crippen molar-refractivity contribution < 1.29 is 4.79 Å². The molecule has 0 atom stereocenters. The van der Waals surface area contributed by atoms with Gasteiger partial charge in [0.15, 0.2) is 0 Å². The predicted octanol–water partition coefficient (Wildman–Crippen LogP) is 4.72. The standard InChI is InChI=1S/C14H7Cl3N2O/c15-7-2-4-11-9(5-7)13(14(20)19-11)18-12-6-8(16)1-3-10(12)17/h1-6H,(H,18,19,20). The normalized spacial score (nSPS) is 15.3. The van der Waals surface area contributed by atoms with Crippen molar-refractivity contribution in [1.82, 2.24) is 0 Å². The molecule has 0 saturated carbocycles. The Morgan fingerprint density at radius 3 is 2.45 bits per heavy atom. The molecule has 20 heavy (non-hydrogen) atoms. The van der Waals surface area contributed by atoms with E-state index in [1.54, 1.807) is 36.4 Å². The molecule has 6 heteroatoms. The summed E-state index contributed by atoms with van der Waals surface area (Å²) in [4.78, 5) is 16.3. The van der Waals surface area contributed by atoms with Gasteiger partial charge in [-0.15, -0.1) is 0 Å². The summed E-state index contributed by atoms with van der Waals surface area (Å²) in [7, 11) is 0. The van der Waals surface area contributed by atoms with Gasteiger partial charge in [-0.05, 0) is 36.4 Å². The fourth-order valence-corrected chi connectivity index (χ4v) is 2.43. The van der Waals surface area contributed by atoms with Crippen molar-refractivity contribution in [2.24, 2.45) is 4.99 Å². The van der Waals surface area contributed by atoms with E-state index in [4.69, 9.17) is 34.8 Å². The number of anilines is 1. The average molecular weight is 326 g/mol. The van der Waals surface area contributed by atoms with Crippen LogP contribution in [-0.4, -0.2) is 11.6 Å². The molecule has 0 radical (unpaired) electrons. The monoisotopic (exact) mass is 324 g/mol. The first-order chi connectivity index (χ1) is 9.54. The van der Waals surface area contributed by atoms with E-state index in [9.17, 15) is 4.79 Å². The minimum Gasteiger partial charge on any atom is -0.320 e. The molecule has 0 bridgehead atoms. The number of aliphatic imine (C=N–C) groups is 1. The van der Waals surface area contributed by atoms with E-state index >= 15 is 0 Å². The van der Waals surface area contributed by atoms with Crippen LogP contribution in [-0.2, 0) is 4.79 Å². The zero-order valence-corrected chi connectivity index (χ0v) is 12.2. The fourth-order valence-electron chi connectivity index (χ4n) is 1.93. The van der Waals surface area contributed by atoms with Gasteiger partial charge in [-0.3, -0.25) is 4.79 Å². The molecule has 1 heterocycles. The van der Waals surface area contributed by atoms with Crippen LogP contribution in [0.4, 0.5) is 11.4 Å². The lowest BCUT2D eigenvalue weighted by molar-refractivity contribution is -0.110. The Kier molecular flexibility index (Phi) is 3.42. The van der Waals surface area contributed by atoms with Crippen LogP contribution < -0.4 is 5.32 Å². The SMILES string of the molecule is O=C1Nc2ccc(Cl)cc2C1=Nc1cc(Cl)ccc1Cl. The summed E-state index contributed by atoms with van der Waals surface area (Å²) in [5.74, 6) is -0.293. The number of benzene rings is 2. The molecule has 0 fully saturated rings. The van der Waals surface area contributed by atoms with Crippen molar-refractivity contribution in [1.29, 1.82) is 0 Å². The number of hydrogen-bond donors (Lipinski definition) is 1. The van der Waals surface area contributed by atoms with E-state index in [0.717, 1.165) is 0 Å². The number of carbonyl (C=O) groups excluding carboxylic acids is 1. The minimum absolute atomic E-state index is 0.270. The van der Waals surface area contributed by atoms with Gasteiger partial charge in [0.2, 0.25) is 0 Å². The molecule has 1 aliphatic rings. The van der Waals surface area contributed by atoms with Gasteiger partial charge in [0.1, 0.15) is 5.71 Å². The quantitative estimate of drug-likeness (QED) is 0.810.